The van der Waals surface area contributed by atoms with Crippen LogP contribution < -0.4 is 10.1 Å². The third kappa shape index (κ3) is 3.99. The van der Waals surface area contributed by atoms with Crippen LogP contribution in [-0.2, 0) is 6.54 Å². The van der Waals surface area contributed by atoms with Crippen molar-refractivity contribution in [3.8, 4) is 5.75 Å². The number of hydrogen-bond donors (Lipinski definition) is 1. The van der Waals surface area contributed by atoms with Crippen molar-refractivity contribution in [3.63, 3.8) is 0 Å². The van der Waals surface area contributed by atoms with Crippen molar-refractivity contribution in [1.29, 1.82) is 0 Å². The molecule has 1 unspecified atom stereocenters. The first-order valence-corrected chi connectivity index (χ1v) is 7.28. The van der Waals surface area contributed by atoms with Crippen LogP contribution in [-0.4, -0.2) is 6.61 Å². The molecule has 0 aliphatic heterocycles. The standard InChI is InChI=1S/C17H20ClNO/c1-3-20-17-7-5-4-6-16(17)13(2)19-12-14-8-10-15(18)11-9-14/h4-11,13,19H,3,12H2,1-2H3. The highest BCUT2D eigenvalue weighted by Crippen LogP contribution is 2.25. The number of nitrogens with one attached hydrogen (secondary N) is 1. The predicted molar refractivity (Wildman–Crippen MR) is 84.3 cm³/mol. The molecule has 0 saturated carbocycles. The minimum absolute atomic E-state index is 0.230. The zero-order valence-corrected chi connectivity index (χ0v) is 12.7. The number of halogens is 1. The third-order valence-corrected chi connectivity index (χ3v) is 3.46. The molecule has 1 atom stereocenters. The highest BCUT2D eigenvalue weighted by molar-refractivity contribution is 6.30. The topological polar surface area (TPSA) is 21.3 Å². The molecule has 2 nitrogen and oxygen atoms in total. The second-order valence-corrected chi connectivity index (χ2v) is 5.14. The Bertz CT molecular complexity index is 539. The molecule has 0 fully saturated rings. The Hall–Kier alpha value is -1.51. The summed E-state index contributed by atoms with van der Waals surface area (Å²) in [5, 5.41) is 4.28. The van der Waals surface area contributed by atoms with Crippen LogP contribution in [0.15, 0.2) is 48.5 Å². The monoisotopic (exact) mass is 289 g/mol. The molecule has 0 aromatic heterocycles. The van der Waals surface area contributed by atoms with Crippen molar-refractivity contribution in [3.05, 3.63) is 64.7 Å². The van der Waals surface area contributed by atoms with Crippen LogP contribution in [0.3, 0.4) is 0 Å². The maximum Gasteiger partial charge on any atom is 0.124 e. The van der Waals surface area contributed by atoms with Gasteiger partial charge in [0.15, 0.2) is 0 Å². The summed E-state index contributed by atoms with van der Waals surface area (Å²) in [5.74, 6) is 0.950. The molecule has 0 spiro atoms. The Morgan fingerprint density at radius 1 is 1.10 bits per heavy atom. The van der Waals surface area contributed by atoms with Gasteiger partial charge in [0.25, 0.3) is 0 Å². The van der Waals surface area contributed by atoms with Crippen molar-refractivity contribution in [2.75, 3.05) is 6.61 Å². The summed E-state index contributed by atoms with van der Waals surface area (Å²) in [6, 6.07) is 16.3. The molecule has 2 aromatic rings. The van der Waals surface area contributed by atoms with Crippen LogP contribution in [0.4, 0.5) is 0 Å². The van der Waals surface area contributed by atoms with E-state index in [1.54, 1.807) is 0 Å². The van der Waals surface area contributed by atoms with Gasteiger partial charge in [-0.1, -0.05) is 41.9 Å². The first-order valence-electron chi connectivity index (χ1n) is 6.90. The van der Waals surface area contributed by atoms with Crippen molar-refractivity contribution >= 4 is 11.6 Å². The SMILES string of the molecule is CCOc1ccccc1C(C)NCc1ccc(Cl)cc1. The zero-order valence-electron chi connectivity index (χ0n) is 11.9. The van der Waals surface area contributed by atoms with Gasteiger partial charge in [-0.2, -0.15) is 0 Å². The van der Waals surface area contributed by atoms with E-state index in [0.717, 1.165) is 17.3 Å². The maximum atomic E-state index is 5.89. The molecule has 106 valence electrons. The van der Waals surface area contributed by atoms with Gasteiger partial charge in [0, 0.05) is 23.2 Å². The molecule has 0 aliphatic rings. The molecule has 3 heteroatoms. The van der Waals surface area contributed by atoms with E-state index in [-0.39, 0.29) is 6.04 Å². The second-order valence-electron chi connectivity index (χ2n) is 4.70. The molecule has 1 N–H and O–H groups in total. The minimum Gasteiger partial charge on any atom is -0.494 e. The Kier molecular flexibility index (Phi) is 5.45. The molecule has 0 saturated heterocycles. The van der Waals surface area contributed by atoms with Gasteiger partial charge in [-0.05, 0) is 37.6 Å². The first kappa shape index (κ1) is 14.9. The van der Waals surface area contributed by atoms with E-state index in [9.17, 15) is 0 Å². The summed E-state index contributed by atoms with van der Waals surface area (Å²) in [6.45, 7) is 5.63. The lowest BCUT2D eigenvalue weighted by Crippen LogP contribution is -2.18. The minimum atomic E-state index is 0.230. The fourth-order valence-electron chi connectivity index (χ4n) is 2.11. The first-order chi connectivity index (χ1) is 9.70. The van der Waals surface area contributed by atoms with E-state index in [1.165, 1.54) is 11.1 Å². The van der Waals surface area contributed by atoms with Gasteiger partial charge in [0.1, 0.15) is 5.75 Å². The Morgan fingerprint density at radius 3 is 2.50 bits per heavy atom. The van der Waals surface area contributed by atoms with Gasteiger partial charge in [0.05, 0.1) is 6.61 Å². The van der Waals surface area contributed by atoms with E-state index < -0.39 is 0 Å². The van der Waals surface area contributed by atoms with Crippen LogP contribution in [0.2, 0.25) is 5.02 Å². The number of rotatable bonds is 6. The van der Waals surface area contributed by atoms with Crippen LogP contribution in [0, 0.1) is 0 Å². The quantitative estimate of drug-likeness (QED) is 0.840. The van der Waals surface area contributed by atoms with Gasteiger partial charge >= 0.3 is 0 Å². The Labute approximate surface area is 125 Å². The van der Waals surface area contributed by atoms with Crippen LogP contribution in [0.25, 0.3) is 0 Å². The fourth-order valence-corrected chi connectivity index (χ4v) is 2.23. The number of para-hydroxylation sites is 1. The molecule has 0 bridgehead atoms. The van der Waals surface area contributed by atoms with Crippen LogP contribution in [0.5, 0.6) is 5.75 Å². The van der Waals surface area contributed by atoms with E-state index in [2.05, 4.69) is 18.3 Å². The molecule has 2 aromatic carbocycles. The number of ether oxygens (including phenoxy) is 1. The normalized spacial score (nSPS) is 12.2. The van der Waals surface area contributed by atoms with E-state index in [0.29, 0.717) is 6.61 Å². The summed E-state index contributed by atoms with van der Waals surface area (Å²) < 4.78 is 5.67. The number of hydrogen-bond acceptors (Lipinski definition) is 2. The predicted octanol–water partition coefficient (Wildman–Crippen LogP) is 4.59. The molecule has 0 aliphatic carbocycles. The number of benzene rings is 2. The van der Waals surface area contributed by atoms with Crippen molar-refractivity contribution in [1.82, 2.24) is 5.32 Å². The summed E-state index contributed by atoms with van der Waals surface area (Å²) in [6.07, 6.45) is 0. The molecule has 0 heterocycles. The van der Waals surface area contributed by atoms with Crippen molar-refractivity contribution < 1.29 is 4.74 Å². The molecular formula is C17H20ClNO. The van der Waals surface area contributed by atoms with Crippen molar-refractivity contribution in [2.45, 2.75) is 26.4 Å². The molecule has 2 rings (SSSR count). The average molecular weight is 290 g/mol. The van der Waals surface area contributed by atoms with Gasteiger partial charge in [-0.3, -0.25) is 0 Å². The lowest BCUT2D eigenvalue weighted by molar-refractivity contribution is 0.332. The van der Waals surface area contributed by atoms with Crippen LogP contribution >= 0.6 is 11.6 Å². The van der Waals surface area contributed by atoms with E-state index in [1.807, 2.05) is 49.4 Å². The smallest absolute Gasteiger partial charge is 0.124 e. The van der Waals surface area contributed by atoms with Crippen molar-refractivity contribution in [2.24, 2.45) is 0 Å². The Balaban J connectivity index is 2.01. The Morgan fingerprint density at radius 2 is 1.80 bits per heavy atom. The molecule has 0 amide bonds. The van der Waals surface area contributed by atoms with Gasteiger partial charge < -0.3 is 10.1 Å². The molecular weight excluding hydrogens is 270 g/mol. The summed E-state index contributed by atoms with van der Waals surface area (Å²) in [4.78, 5) is 0. The highest BCUT2D eigenvalue weighted by atomic mass is 35.5. The van der Waals surface area contributed by atoms with Gasteiger partial charge in [-0.15, -0.1) is 0 Å². The van der Waals surface area contributed by atoms with E-state index >= 15 is 0 Å². The van der Waals surface area contributed by atoms with Crippen LogP contribution in [0.1, 0.15) is 31.0 Å². The van der Waals surface area contributed by atoms with Gasteiger partial charge in [0.2, 0.25) is 0 Å². The lowest BCUT2D eigenvalue weighted by Gasteiger charge is -2.18. The maximum absolute atomic E-state index is 5.89. The average Bonchev–Trinajstić information content (AvgIpc) is 2.47. The highest BCUT2D eigenvalue weighted by Gasteiger charge is 2.10. The van der Waals surface area contributed by atoms with Gasteiger partial charge in [-0.25, -0.2) is 0 Å². The summed E-state index contributed by atoms with van der Waals surface area (Å²) in [5.41, 5.74) is 2.40. The lowest BCUT2D eigenvalue weighted by atomic mass is 10.1. The third-order valence-electron chi connectivity index (χ3n) is 3.21. The van der Waals surface area contributed by atoms with E-state index in [4.69, 9.17) is 16.3 Å². The zero-order chi connectivity index (χ0) is 14.4. The summed E-state index contributed by atoms with van der Waals surface area (Å²) in [7, 11) is 0. The molecule has 20 heavy (non-hydrogen) atoms. The summed E-state index contributed by atoms with van der Waals surface area (Å²) >= 11 is 5.89. The molecule has 0 radical (unpaired) electrons. The second kappa shape index (κ2) is 7.32. The largest absolute Gasteiger partial charge is 0.494 e. The fraction of sp³-hybridized carbons (Fsp3) is 0.294.